The van der Waals surface area contributed by atoms with E-state index in [1.54, 1.807) is 14.2 Å². The number of nitrogens with zero attached hydrogens (tertiary/aromatic N) is 3. The van der Waals surface area contributed by atoms with Crippen molar-refractivity contribution in [2.24, 2.45) is 5.92 Å². The van der Waals surface area contributed by atoms with Crippen molar-refractivity contribution in [3.8, 4) is 11.5 Å². The van der Waals surface area contributed by atoms with Crippen LogP contribution in [-0.2, 0) is 24.3 Å². The topological polar surface area (TPSA) is 76.8 Å². The first kappa shape index (κ1) is 17.9. The molecular weight excluding hydrogens is 346 g/mol. The van der Waals surface area contributed by atoms with Gasteiger partial charge in [-0.3, -0.25) is 9.48 Å². The molecule has 4 rings (SSSR count). The number of aliphatic hydroxyl groups excluding tert-OH is 1. The number of aromatic nitrogens is 2. The molecule has 2 aliphatic rings. The van der Waals surface area contributed by atoms with Crippen molar-refractivity contribution < 1.29 is 19.4 Å². The fourth-order valence-corrected chi connectivity index (χ4v) is 3.58. The Kier molecular flexibility index (Phi) is 4.78. The van der Waals surface area contributed by atoms with Crippen LogP contribution in [-0.4, -0.2) is 46.5 Å². The molecule has 1 fully saturated rings. The van der Waals surface area contributed by atoms with Crippen LogP contribution in [0.15, 0.2) is 24.3 Å². The summed E-state index contributed by atoms with van der Waals surface area (Å²) in [6.07, 6.45) is 1.98. The van der Waals surface area contributed by atoms with Gasteiger partial charge < -0.3 is 19.5 Å². The van der Waals surface area contributed by atoms with Crippen molar-refractivity contribution in [1.82, 2.24) is 14.7 Å². The van der Waals surface area contributed by atoms with Crippen LogP contribution in [0.2, 0.25) is 0 Å². The number of carbonyl (C=O) groups excluding carboxylic acids is 1. The van der Waals surface area contributed by atoms with E-state index in [2.05, 4.69) is 5.10 Å². The molecule has 1 aliphatic heterocycles. The van der Waals surface area contributed by atoms with Gasteiger partial charge in [0.1, 0.15) is 6.10 Å². The van der Waals surface area contributed by atoms with Crippen molar-refractivity contribution in [3.63, 3.8) is 0 Å². The van der Waals surface area contributed by atoms with Crippen molar-refractivity contribution in [3.05, 3.63) is 41.2 Å². The lowest BCUT2D eigenvalue weighted by atomic mass is 10.1. The van der Waals surface area contributed by atoms with E-state index >= 15 is 0 Å². The maximum Gasteiger partial charge on any atom is 0.227 e. The molecule has 2 aromatic rings. The first-order valence-electron chi connectivity index (χ1n) is 9.32. The Morgan fingerprint density at radius 1 is 1.22 bits per heavy atom. The summed E-state index contributed by atoms with van der Waals surface area (Å²) in [7, 11) is 3.18. The third-order valence-corrected chi connectivity index (χ3v) is 5.34. The van der Waals surface area contributed by atoms with Gasteiger partial charge >= 0.3 is 0 Å². The van der Waals surface area contributed by atoms with Crippen LogP contribution in [0.5, 0.6) is 11.5 Å². The summed E-state index contributed by atoms with van der Waals surface area (Å²) < 4.78 is 12.5. The number of fused-ring (bicyclic) bond motifs is 1. The maximum absolute atomic E-state index is 12.8. The largest absolute Gasteiger partial charge is 0.493 e. The molecule has 1 aliphatic carbocycles. The highest BCUT2D eigenvalue weighted by atomic mass is 16.5. The molecule has 27 heavy (non-hydrogen) atoms. The lowest BCUT2D eigenvalue weighted by Gasteiger charge is -2.27. The van der Waals surface area contributed by atoms with Gasteiger partial charge in [0.25, 0.3) is 0 Å². The van der Waals surface area contributed by atoms with Crippen LogP contribution in [0.1, 0.15) is 35.9 Å². The molecule has 0 bridgehead atoms. The lowest BCUT2D eigenvalue weighted by molar-refractivity contribution is -0.132. The van der Waals surface area contributed by atoms with Crippen LogP contribution in [0.3, 0.4) is 0 Å². The van der Waals surface area contributed by atoms with Gasteiger partial charge in [0.2, 0.25) is 5.91 Å². The van der Waals surface area contributed by atoms with E-state index in [0.717, 1.165) is 29.8 Å². The summed E-state index contributed by atoms with van der Waals surface area (Å²) in [5.74, 6) is 1.69. The fourth-order valence-electron chi connectivity index (χ4n) is 3.58. The molecule has 0 spiro atoms. The zero-order valence-electron chi connectivity index (χ0n) is 15.7. The summed E-state index contributed by atoms with van der Waals surface area (Å²) in [5, 5.41) is 14.8. The number of carbonyl (C=O) groups is 1. The molecule has 7 heteroatoms. The van der Waals surface area contributed by atoms with E-state index in [1.165, 1.54) is 0 Å². The second-order valence-electron chi connectivity index (χ2n) is 7.25. The van der Waals surface area contributed by atoms with Crippen molar-refractivity contribution in [2.75, 3.05) is 20.8 Å². The molecule has 1 N–H and O–H groups in total. The average molecular weight is 371 g/mol. The fraction of sp³-hybridized carbons (Fsp3) is 0.500. The summed E-state index contributed by atoms with van der Waals surface area (Å²) in [6.45, 7) is 1.81. The Hall–Kier alpha value is -2.54. The number of aliphatic hydroxyl groups is 1. The van der Waals surface area contributed by atoms with Crippen LogP contribution in [0.4, 0.5) is 0 Å². The van der Waals surface area contributed by atoms with Crippen LogP contribution in [0.25, 0.3) is 0 Å². The molecule has 1 atom stereocenters. The van der Waals surface area contributed by atoms with E-state index in [4.69, 9.17) is 9.47 Å². The molecule has 1 unspecified atom stereocenters. The summed E-state index contributed by atoms with van der Waals surface area (Å²) in [4.78, 5) is 14.6. The van der Waals surface area contributed by atoms with Gasteiger partial charge in [0.15, 0.2) is 11.5 Å². The Labute approximate surface area is 158 Å². The Bertz CT molecular complexity index is 844. The summed E-state index contributed by atoms with van der Waals surface area (Å²) >= 11 is 0. The molecule has 1 amide bonds. The molecule has 2 heterocycles. The predicted molar refractivity (Wildman–Crippen MR) is 98.6 cm³/mol. The van der Waals surface area contributed by atoms with Crippen LogP contribution < -0.4 is 9.47 Å². The predicted octanol–water partition coefficient (Wildman–Crippen LogP) is 1.93. The van der Waals surface area contributed by atoms with Gasteiger partial charge in [-0.1, -0.05) is 6.07 Å². The first-order chi connectivity index (χ1) is 13.1. The van der Waals surface area contributed by atoms with E-state index in [0.29, 0.717) is 43.5 Å². The smallest absolute Gasteiger partial charge is 0.227 e. The molecule has 1 aromatic heterocycles. The van der Waals surface area contributed by atoms with Gasteiger partial charge in [0, 0.05) is 6.54 Å². The third-order valence-electron chi connectivity index (χ3n) is 5.34. The SMILES string of the molecule is COc1ccc(CC(=O)N2CCn3nc(C(O)C4CC4)cc3C2)cc1OC. The number of ether oxygens (including phenoxy) is 2. The van der Waals surface area contributed by atoms with Crippen molar-refractivity contribution in [1.29, 1.82) is 0 Å². The molecule has 0 saturated heterocycles. The molecular formula is C20H25N3O4. The van der Waals surface area contributed by atoms with Crippen molar-refractivity contribution >= 4 is 5.91 Å². The minimum Gasteiger partial charge on any atom is -0.493 e. The van der Waals surface area contributed by atoms with Gasteiger partial charge in [-0.05, 0) is 42.5 Å². The first-order valence-corrected chi connectivity index (χ1v) is 9.32. The van der Waals surface area contributed by atoms with Gasteiger partial charge in [-0.2, -0.15) is 5.10 Å². The van der Waals surface area contributed by atoms with E-state index < -0.39 is 6.10 Å². The number of hydrogen-bond donors (Lipinski definition) is 1. The normalized spacial score (nSPS) is 17.4. The van der Waals surface area contributed by atoms with E-state index in [9.17, 15) is 9.90 Å². The van der Waals surface area contributed by atoms with Crippen molar-refractivity contribution in [2.45, 2.75) is 38.5 Å². The molecule has 1 aromatic carbocycles. The quantitative estimate of drug-likeness (QED) is 0.840. The monoisotopic (exact) mass is 371 g/mol. The minimum atomic E-state index is -0.473. The zero-order chi connectivity index (χ0) is 19.0. The second-order valence-corrected chi connectivity index (χ2v) is 7.25. The summed E-state index contributed by atoms with van der Waals surface area (Å²) in [5.41, 5.74) is 2.61. The number of methoxy groups -OCH3 is 2. The number of hydrogen-bond acceptors (Lipinski definition) is 5. The lowest BCUT2D eigenvalue weighted by Crippen LogP contribution is -2.39. The highest BCUT2D eigenvalue weighted by molar-refractivity contribution is 5.79. The maximum atomic E-state index is 12.8. The molecule has 0 radical (unpaired) electrons. The zero-order valence-corrected chi connectivity index (χ0v) is 15.7. The third kappa shape index (κ3) is 3.64. The highest BCUT2D eigenvalue weighted by Gasteiger charge is 2.33. The number of amides is 1. The standard InChI is InChI=1S/C20H25N3O4/c1-26-17-6-3-13(9-18(17)27-2)10-19(24)22-7-8-23-15(12-22)11-16(21-23)20(25)14-4-5-14/h3,6,9,11,14,20,25H,4-5,7-8,10,12H2,1-2H3. The number of benzene rings is 1. The molecule has 7 nitrogen and oxygen atoms in total. The molecule has 144 valence electrons. The van der Waals surface area contributed by atoms with Gasteiger partial charge in [-0.15, -0.1) is 0 Å². The van der Waals surface area contributed by atoms with Gasteiger partial charge in [-0.25, -0.2) is 0 Å². The second kappa shape index (κ2) is 7.23. The Morgan fingerprint density at radius 3 is 2.70 bits per heavy atom. The Morgan fingerprint density at radius 2 is 2.00 bits per heavy atom. The molecule has 1 saturated carbocycles. The average Bonchev–Trinajstić information content (AvgIpc) is 3.45. The number of rotatable bonds is 6. The van der Waals surface area contributed by atoms with Crippen LogP contribution >= 0.6 is 0 Å². The van der Waals surface area contributed by atoms with Crippen LogP contribution in [0, 0.1) is 5.92 Å². The van der Waals surface area contributed by atoms with E-state index in [1.807, 2.05) is 33.8 Å². The highest BCUT2D eigenvalue weighted by Crippen LogP contribution is 2.40. The summed E-state index contributed by atoms with van der Waals surface area (Å²) in [6, 6.07) is 7.49. The Balaban J connectivity index is 1.43. The van der Waals surface area contributed by atoms with E-state index in [-0.39, 0.29) is 5.91 Å². The van der Waals surface area contributed by atoms with Gasteiger partial charge in [0.05, 0.1) is 45.1 Å². The minimum absolute atomic E-state index is 0.0685.